The predicted octanol–water partition coefficient (Wildman–Crippen LogP) is -0.190. The molecule has 0 aliphatic carbocycles. The molecule has 0 heterocycles. The molecule has 1 aromatic carbocycles. The molecule has 0 saturated heterocycles. The SMILES string of the molecule is O=C(NCCNCCO)NN=Cc1cccc([N+](=O)[O-])c1. The smallest absolute Gasteiger partial charge is 0.335 e. The zero-order valence-corrected chi connectivity index (χ0v) is 11.3. The van der Waals surface area contributed by atoms with E-state index >= 15 is 0 Å². The van der Waals surface area contributed by atoms with E-state index in [-0.39, 0.29) is 12.3 Å². The predicted molar refractivity (Wildman–Crippen MR) is 77.2 cm³/mol. The minimum atomic E-state index is -0.503. The van der Waals surface area contributed by atoms with Gasteiger partial charge in [0.25, 0.3) is 5.69 Å². The average Bonchev–Trinajstić information content (AvgIpc) is 2.47. The van der Waals surface area contributed by atoms with Crippen molar-refractivity contribution in [1.29, 1.82) is 0 Å². The van der Waals surface area contributed by atoms with Gasteiger partial charge >= 0.3 is 6.03 Å². The van der Waals surface area contributed by atoms with E-state index < -0.39 is 11.0 Å². The number of benzene rings is 1. The molecule has 9 nitrogen and oxygen atoms in total. The summed E-state index contributed by atoms with van der Waals surface area (Å²) in [5.74, 6) is 0. The van der Waals surface area contributed by atoms with Gasteiger partial charge < -0.3 is 15.7 Å². The molecular weight excluding hydrogens is 278 g/mol. The Kier molecular flexibility index (Phi) is 7.40. The Morgan fingerprint density at radius 2 is 2.19 bits per heavy atom. The molecule has 0 bridgehead atoms. The second-order valence-corrected chi connectivity index (χ2v) is 3.95. The third-order valence-corrected chi connectivity index (χ3v) is 2.34. The fourth-order valence-electron chi connectivity index (χ4n) is 1.39. The van der Waals surface area contributed by atoms with Gasteiger partial charge in [-0.15, -0.1) is 0 Å². The van der Waals surface area contributed by atoms with Crippen LogP contribution in [0, 0.1) is 10.1 Å². The Bertz CT molecular complexity index is 506. The Morgan fingerprint density at radius 3 is 2.90 bits per heavy atom. The molecule has 4 N–H and O–H groups in total. The van der Waals surface area contributed by atoms with Crippen LogP contribution in [0.25, 0.3) is 0 Å². The summed E-state index contributed by atoms with van der Waals surface area (Å²) in [4.78, 5) is 21.4. The van der Waals surface area contributed by atoms with Crippen molar-refractivity contribution in [3.63, 3.8) is 0 Å². The van der Waals surface area contributed by atoms with Crippen LogP contribution in [0.15, 0.2) is 29.4 Å². The molecule has 21 heavy (non-hydrogen) atoms. The number of aliphatic hydroxyl groups is 1. The third kappa shape index (κ3) is 6.99. The van der Waals surface area contributed by atoms with Crippen molar-refractivity contribution >= 4 is 17.9 Å². The normalized spacial score (nSPS) is 10.5. The molecule has 0 spiro atoms. The van der Waals surface area contributed by atoms with E-state index in [4.69, 9.17) is 5.11 Å². The topological polar surface area (TPSA) is 129 Å². The van der Waals surface area contributed by atoms with Crippen molar-refractivity contribution in [2.24, 2.45) is 5.10 Å². The van der Waals surface area contributed by atoms with Gasteiger partial charge in [0.05, 0.1) is 17.7 Å². The van der Waals surface area contributed by atoms with Crippen molar-refractivity contribution in [2.45, 2.75) is 0 Å². The number of hydrogen-bond acceptors (Lipinski definition) is 6. The Labute approximate surface area is 121 Å². The molecule has 0 fully saturated rings. The number of nitrogens with one attached hydrogen (secondary N) is 3. The number of hydrazone groups is 1. The summed E-state index contributed by atoms with van der Waals surface area (Å²) in [5.41, 5.74) is 2.71. The largest absolute Gasteiger partial charge is 0.395 e. The number of rotatable bonds is 8. The molecule has 1 aromatic rings. The summed E-state index contributed by atoms with van der Waals surface area (Å²) in [7, 11) is 0. The zero-order chi connectivity index (χ0) is 15.5. The van der Waals surface area contributed by atoms with E-state index in [1.54, 1.807) is 6.07 Å². The van der Waals surface area contributed by atoms with Crippen molar-refractivity contribution in [3.05, 3.63) is 39.9 Å². The number of carbonyl (C=O) groups is 1. The monoisotopic (exact) mass is 295 g/mol. The minimum Gasteiger partial charge on any atom is -0.395 e. The lowest BCUT2D eigenvalue weighted by Crippen LogP contribution is -2.37. The summed E-state index contributed by atoms with van der Waals surface area (Å²) in [6.45, 7) is 1.43. The number of nitrogens with zero attached hydrogens (tertiary/aromatic N) is 2. The van der Waals surface area contributed by atoms with Crippen LogP contribution in [0.5, 0.6) is 0 Å². The second kappa shape index (κ2) is 9.39. The molecule has 0 aliphatic heterocycles. The third-order valence-electron chi connectivity index (χ3n) is 2.34. The first-order valence-corrected chi connectivity index (χ1v) is 6.26. The van der Waals surface area contributed by atoms with Crippen molar-refractivity contribution in [1.82, 2.24) is 16.1 Å². The summed E-state index contributed by atoms with van der Waals surface area (Å²) in [6, 6.07) is 5.41. The van der Waals surface area contributed by atoms with Gasteiger partial charge in [0.2, 0.25) is 0 Å². The van der Waals surface area contributed by atoms with Crippen LogP contribution < -0.4 is 16.1 Å². The van der Waals surface area contributed by atoms with Crippen LogP contribution in [0.1, 0.15) is 5.56 Å². The van der Waals surface area contributed by atoms with Crippen LogP contribution >= 0.6 is 0 Å². The number of amides is 2. The first-order valence-electron chi connectivity index (χ1n) is 6.26. The van der Waals surface area contributed by atoms with Crippen LogP contribution in [-0.2, 0) is 0 Å². The van der Waals surface area contributed by atoms with E-state index in [0.29, 0.717) is 25.2 Å². The summed E-state index contributed by atoms with van der Waals surface area (Å²) in [5, 5.41) is 28.2. The van der Waals surface area contributed by atoms with Gasteiger partial charge in [0, 0.05) is 37.3 Å². The fraction of sp³-hybridized carbons (Fsp3) is 0.333. The van der Waals surface area contributed by atoms with Crippen molar-refractivity contribution < 1.29 is 14.8 Å². The van der Waals surface area contributed by atoms with E-state index in [1.165, 1.54) is 24.4 Å². The Hall–Kier alpha value is -2.52. The molecule has 114 valence electrons. The van der Waals surface area contributed by atoms with Gasteiger partial charge in [-0.05, 0) is 0 Å². The highest BCUT2D eigenvalue weighted by Crippen LogP contribution is 2.11. The number of nitro groups is 1. The van der Waals surface area contributed by atoms with E-state index in [0.717, 1.165) is 0 Å². The molecule has 0 aliphatic rings. The van der Waals surface area contributed by atoms with E-state index in [9.17, 15) is 14.9 Å². The number of urea groups is 1. The highest BCUT2D eigenvalue weighted by atomic mass is 16.6. The first kappa shape index (κ1) is 16.5. The standard InChI is InChI=1S/C12H17N5O4/c18-7-6-13-4-5-14-12(19)16-15-9-10-2-1-3-11(8-10)17(20)21/h1-3,8-9,13,18H,4-7H2,(H2,14,16,19). The lowest BCUT2D eigenvalue weighted by Gasteiger charge is -2.04. The molecular formula is C12H17N5O4. The van der Waals surface area contributed by atoms with Gasteiger partial charge in [-0.2, -0.15) is 5.10 Å². The van der Waals surface area contributed by atoms with Crippen LogP contribution in [0.3, 0.4) is 0 Å². The fourth-order valence-corrected chi connectivity index (χ4v) is 1.39. The van der Waals surface area contributed by atoms with Crippen molar-refractivity contribution in [3.8, 4) is 0 Å². The van der Waals surface area contributed by atoms with Gasteiger partial charge in [0.15, 0.2) is 0 Å². The molecule has 0 aromatic heterocycles. The van der Waals surface area contributed by atoms with Gasteiger partial charge in [0.1, 0.15) is 0 Å². The quantitative estimate of drug-likeness (QED) is 0.229. The molecule has 2 amide bonds. The average molecular weight is 295 g/mol. The summed E-state index contributed by atoms with van der Waals surface area (Å²) in [6.07, 6.45) is 1.32. The number of hydrogen-bond donors (Lipinski definition) is 4. The van der Waals surface area contributed by atoms with E-state index in [1.807, 2.05) is 0 Å². The van der Waals surface area contributed by atoms with Crippen LogP contribution in [-0.4, -0.2) is 48.5 Å². The summed E-state index contributed by atoms with van der Waals surface area (Å²) >= 11 is 0. The maximum Gasteiger partial charge on any atom is 0.335 e. The Morgan fingerprint density at radius 1 is 1.38 bits per heavy atom. The van der Waals surface area contributed by atoms with Crippen LogP contribution in [0.2, 0.25) is 0 Å². The second-order valence-electron chi connectivity index (χ2n) is 3.95. The number of nitro benzene ring substituents is 1. The molecule has 0 saturated carbocycles. The van der Waals surface area contributed by atoms with Crippen LogP contribution in [0.4, 0.5) is 10.5 Å². The van der Waals surface area contributed by atoms with Gasteiger partial charge in [-0.25, -0.2) is 10.2 Å². The molecule has 0 atom stereocenters. The first-order chi connectivity index (χ1) is 10.1. The molecule has 9 heteroatoms. The molecule has 0 unspecified atom stereocenters. The number of non-ortho nitro benzene ring substituents is 1. The number of carbonyl (C=O) groups excluding carboxylic acids is 1. The summed E-state index contributed by atoms with van der Waals surface area (Å²) < 4.78 is 0. The van der Waals surface area contributed by atoms with Gasteiger partial charge in [-0.1, -0.05) is 12.1 Å². The van der Waals surface area contributed by atoms with Crippen molar-refractivity contribution in [2.75, 3.05) is 26.2 Å². The maximum atomic E-state index is 11.3. The molecule has 1 rings (SSSR count). The lowest BCUT2D eigenvalue weighted by atomic mass is 10.2. The highest BCUT2D eigenvalue weighted by Gasteiger charge is 2.04. The zero-order valence-electron chi connectivity index (χ0n) is 11.3. The minimum absolute atomic E-state index is 0.0414. The Balaban J connectivity index is 2.32. The number of aliphatic hydroxyl groups excluding tert-OH is 1. The highest BCUT2D eigenvalue weighted by molar-refractivity contribution is 5.82. The molecule has 0 radical (unpaired) electrons. The maximum absolute atomic E-state index is 11.3. The van der Waals surface area contributed by atoms with E-state index in [2.05, 4.69) is 21.2 Å². The van der Waals surface area contributed by atoms with Gasteiger partial charge in [-0.3, -0.25) is 10.1 Å². The lowest BCUT2D eigenvalue weighted by molar-refractivity contribution is -0.384.